The number of methoxy groups -OCH3 is 3. The highest BCUT2D eigenvalue weighted by Crippen LogP contribution is 2.34. The van der Waals surface area contributed by atoms with E-state index in [1.807, 2.05) is 36.4 Å². The Morgan fingerprint density at radius 3 is 1.92 bits per heavy atom. The van der Waals surface area contributed by atoms with Gasteiger partial charge in [-0.2, -0.15) is 0 Å². The molecule has 7 nitrogen and oxygen atoms in total. The maximum atomic E-state index is 13.5. The molecule has 0 aliphatic carbocycles. The van der Waals surface area contributed by atoms with Crippen LogP contribution in [0.2, 0.25) is 10.0 Å². The van der Waals surface area contributed by atoms with Crippen LogP contribution in [-0.4, -0.2) is 38.2 Å². The molecule has 1 N–H and O–H groups in total. The molecule has 3 aromatic rings. The third-order valence-electron chi connectivity index (χ3n) is 5.21. The van der Waals surface area contributed by atoms with Gasteiger partial charge in [0, 0.05) is 21.1 Å². The number of esters is 1. The summed E-state index contributed by atoms with van der Waals surface area (Å²) < 4.78 is 16.8. The predicted molar refractivity (Wildman–Crippen MR) is 147 cm³/mol. The molecule has 11 heteroatoms. The molecule has 3 rings (SSSR count). The fourth-order valence-corrected chi connectivity index (χ4v) is 5.28. The number of carbonyl (C=O) groups excluding carboxylic acids is 2. The van der Waals surface area contributed by atoms with Crippen LogP contribution in [0.3, 0.4) is 0 Å². The van der Waals surface area contributed by atoms with Gasteiger partial charge in [-0.15, -0.1) is 0 Å². The first-order chi connectivity index (χ1) is 17.2. The molecule has 0 aromatic heterocycles. The number of amides is 2. The van der Waals surface area contributed by atoms with Gasteiger partial charge in [0.2, 0.25) is 0 Å². The van der Waals surface area contributed by atoms with Crippen molar-refractivity contribution in [2.75, 3.05) is 26.6 Å². The highest BCUT2D eigenvalue weighted by molar-refractivity contribution is 9.11. The maximum absolute atomic E-state index is 13.5. The zero-order chi connectivity index (χ0) is 26.4. The average Bonchev–Trinajstić information content (AvgIpc) is 2.86. The van der Waals surface area contributed by atoms with E-state index in [2.05, 4.69) is 37.2 Å². The topological polar surface area (TPSA) is 77.1 Å². The number of hydrogen-bond acceptors (Lipinski definition) is 5. The molecule has 3 aromatic carbocycles. The van der Waals surface area contributed by atoms with Crippen LogP contribution in [0.15, 0.2) is 57.5 Å². The molecule has 0 saturated heterocycles. The van der Waals surface area contributed by atoms with Crippen molar-refractivity contribution in [2.45, 2.75) is 13.1 Å². The number of ether oxygens (including phenoxy) is 3. The first-order valence-corrected chi connectivity index (χ1v) is 12.8. The Labute approximate surface area is 235 Å². The van der Waals surface area contributed by atoms with E-state index in [1.165, 1.54) is 19.2 Å². The molecule has 36 heavy (non-hydrogen) atoms. The second-order valence-corrected chi connectivity index (χ2v) is 10.0. The molecule has 190 valence electrons. The second-order valence-electron chi connectivity index (χ2n) is 7.51. The minimum Gasteiger partial charge on any atom is -0.497 e. The van der Waals surface area contributed by atoms with Crippen LogP contribution in [0.4, 0.5) is 10.5 Å². The van der Waals surface area contributed by atoms with Crippen molar-refractivity contribution < 1.29 is 23.8 Å². The number of anilines is 1. The van der Waals surface area contributed by atoms with Gasteiger partial charge in [0.1, 0.15) is 11.5 Å². The van der Waals surface area contributed by atoms with E-state index >= 15 is 0 Å². The van der Waals surface area contributed by atoms with Gasteiger partial charge >= 0.3 is 12.0 Å². The number of rotatable bonds is 8. The van der Waals surface area contributed by atoms with Gasteiger partial charge in [-0.05, 0) is 42.0 Å². The Morgan fingerprint density at radius 1 is 0.861 bits per heavy atom. The number of hydrogen-bond donors (Lipinski definition) is 1. The monoisotopic (exact) mass is 658 g/mol. The molecule has 0 spiro atoms. The van der Waals surface area contributed by atoms with E-state index in [0.717, 1.165) is 20.1 Å². The smallest absolute Gasteiger partial charge is 0.337 e. The minimum absolute atomic E-state index is 0.104. The standard InChI is InChI=1S/C25H22Br2Cl2N2O5/c1-34-16-6-4-14(5-7-16)12-31(13-18-19(26)10-17(35-2)11-20(18)27)25(33)30-23-21(28)8-15(9-22(23)29)24(32)36-3/h4-11H,12-13H2,1-3H3,(H,30,33). The summed E-state index contributed by atoms with van der Waals surface area (Å²) in [6.07, 6.45) is 0. The summed E-state index contributed by atoms with van der Waals surface area (Å²) in [4.78, 5) is 27.0. The summed E-state index contributed by atoms with van der Waals surface area (Å²) in [6.45, 7) is 0.509. The van der Waals surface area contributed by atoms with Crippen molar-refractivity contribution >= 4 is 72.7 Å². The van der Waals surface area contributed by atoms with Crippen molar-refractivity contribution in [1.82, 2.24) is 4.90 Å². The Hall–Kier alpha value is -2.46. The first-order valence-electron chi connectivity index (χ1n) is 10.4. The zero-order valence-electron chi connectivity index (χ0n) is 19.5. The molecule has 0 aliphatic heterocycles. The lowest BCUT2D eigenvalue weighted by atomic mass is 10.1. The van der Waals surface area contributed by atoms with Crippen molar-refractivity contribution in [2.24, 2.45) is 0 Å². The fourth-order valence-electron chi connectivity index (χ4n) is 3.30. The van der Waals surface area contributed by atoms with Crippen LogP contribution < -0.4 is 14.8 Å². The molecule has 0 fully saturated rings. The quantitative estimate of drug-likeness (QED) is 0.253. The fraction of sp³-hybridized carbons (Fsp3) is 0.200. The van der Waals surface area contributed by atoms with Gasteiger partial charge in [0.05, 0.1) is 49.2 Å². The van der Waals surface area contributed by atoms with E-state index in [4.69, 9.17) is 37.4 Å². The molecular formula is C25H22Br2Cl2N2O5. The molecule has 0 atom stereocenters. The van der Waals surface area contributed by atoms with E-state index < -0.39 is 12.0 Å². The van der Waals surface area contributed by atoms with Gasteiger partial charge in [0.15, 0.2) is 0 Å². The Morgan fingerprint density at radius 2 is 1.42 bits per heavy atom. The van der Waals surface area contributed by atoms with Gasteiger partial charge in [-0.1, -0.05) is 67.2 Å². The van der Waals surface area contributed by atoms with E-state index in [-0.39, 0.29) is 34.4 Å². The molecule has 0 bridgehead atoms. The van der Waals surface area contributed by atoms with E-state index in [9.17, 15) is 9.59 Å². The second kappa shape index (κ2) is 12.7. The van der Waals surface area contributed by atoms with Crippen LogP contribution in [0, 0.1) is 0 Å². The molecular weight excluding hydrogens is 639 g/mol. The summed E-state index contributed by atoms with van der Waals surface area (Å²) in [5.41, 5.74) is 2.07. The Bertz CT molecular complexity index is 1230. The lowest BCUT2D eigenvalue weighted by molar-refractivity contribution is 0.0600. The number of urea groups is 1. The van der Waals surface area contributed by atoms with Crippen LogP contribution in [0.1, 0.15) is 21.5 Å². The number of halogens is 4. The predicted octanol–water partition coefficient (Wildman–Crippen LogP) is 7.56. The molecule has 2 amide bonds. The van der Waals surface area contributed by atoms with Crippen LogP contribution in [-0.2, 0) is 17.8 Å². The average molecular weight is 661 g/mol. The summed E-state index contributed by atoms with van der Waals surface area (Å²) in [6, 6.07) is 13.4. The number of benzene rings is 3. The molecule has 0 unspecified atom stereocenters. The van der Waals surface area contributed by atoms with Crippen molar-refractivity contribution in [1.29, 1.82) is 0 Å². The van der Waals surface area contributed by atoms with Gasteiger partial charge in [-0.25, -0.2) is 9.59 Å². The number of carbonyl (C=O) groups is 2. The van der Waals surface area contributed by atoms with Crippen molar-refractivity contribution in [3.63, 3.8) is 0 Å². The summed E-state index contributed by atoms with van der Waals surface area (Å²) in [5, 5.41) is 2.99. The first kappa shape index (κ1) is 28.1. The van der Waals surface area contributed by atoms with Crippen molar-refractivity contribution in [3.8, 4) is 11.5 Å². The van der Waals surface area contributed by atoms with Crippen LogP contribution in [0.5, 0.6) is 11.5 Å². The normalized spacial score (nSPS) is 10.5. The molecule has 0 saturated carbocycles. The SMILES string of the molecule is COC(=O)c1cc(Cl)c(NC(=O)N(Cc2ccc(OC)cc2)Cc2c(Br)cc(OC)cc2Br)c(Cl)c1. The van der Waals surface area contributed by atoms with E-state index in [0.29, 0.717) is 11.5 Å². The lowest BCUT2D eigenvalue weighted by Crippen LogP contribution is -2.34. The third-order valence-corrected chi connectivity index (χ3v) is 7.23. The molecule has 0 heterocycles. The number of nitrogens with zero attached hydrogens (tertiary/aromatic N) is 1. The third kappa shape index (κ3) is 6.85. The highest BCUT2D eigenvalue weighted by Gasteiger charge is 2.22. The van der Waals surface area contributed by atoms with Gasteiger partial charge in [-0.3, -0.25) is 0 Å². The highest BCUT2D eigenvalue weighted by atomic mass is 79.9. The van der Waals surface area contributed by atoms with E-state index in [1.54, 1.807) is 19.1 Å². The number of nitrogens with one attached hydrogen (secondary N) is 1. The summed E-state index contributed by atoms with van der Waals surface area (Å²) >= 11 is 19.8. The summed E-state index contributed by atoms with van der Waals surface area (Å²) in [5.74, 6) is 0.777. The molecule has 0 aliphatic rings. The zero-order valence-corrected chi connectivity index (χ0v) is 24.2. The van der Waals surface area contributed by atoms with Crippen LogP contribution >= 0.6 is 55.1 Å². The van der Waals surface area contributed by atoms with Crippen molar-refractivity contribution in [3.05, 3.63) is 84.2 Å². The van der Waals surface area contributed by atoms with Gasteiger partial charge in [0.25, 0.3) is 0 Å². The maximum Gasteiger partial charge on any atom is 0.337 e. The lowest BCUT2D eigenvalue weighted by Gasteiger charge is -2.25. The molecule has 0 radical (unpaired) electrons. The minimum atomic E-state index is -0.591. The largest absolute Gasteiger partial charge is 0.497 e. The van der Waals surface area contributed by atoms with Gasteiger partial charge < -0.3 is 24.4 Å². The summed E-state index contributed by atoms with van der Waals surface area (Å²) in [7, 11) is 4.43. The Kier molecular flexibility index (Phi) is 9.90. The Balaban J connectivity index is 1.94. The van der Waals surface area contributed by atoms with Crippen LogP contribution in [0.25, 0.3) is 0 Å².